The summed E-state index contributed by atoms with van der Waals surface area (Å²) in [6.45, 7) is 0. The SMILES string of the molecule is O=C(O)[C@@H]1C[C@@H]1c1ccc(-c2ccc(Cl)cc2)o1. The molecule has 0 amide bonds. The van der Waals surface area contributed by atoms with E-state index in [1.54, 1.807) is 12.1 Å². The lowest BCUT2D eigenvalue weighted by Gasteiger charge is -1.97. The Hall–Kier alpha value is -1.74. The third-order valence-electron chi connectivity index (χ3n) is 3.23. The van der Waals surface area contributed by atoms with E-state index in [1.165, 1.54) is 0 Å². The summed E-state index contributed by atoms with van der Waals surface area (Å²) >= 11 is 5.82. The van der Waals surface area contributed by atoms with Gasteiger partial charge in [0.2, 0.25) is 0 Å². The Morgan fingerprint density at radius 1 is 1.22 bits per heavy atom. The summed E-state index contributed by atoms with van der Waals surface area (Å²) in [7, 11) is 0. The van der Waals surface area contributed by atoms with Crippen molar-refractivity contribution in [3.05, 3.63) is 47.2 Å². The first-order valence-corrected chi connectivity index (χ1v) is 6.11. The molecule has 0 saturated heterocycles. The zero-order valence-corrected chi connectivity index (χ0v) is 10.2. The first kappa shape index (κ1) is 11.4. The fourth-order valence-electron chi connectivity index (χ4n) is 2.10. The third-order valence-corrected chi connectivity index (χ3v) is 3.48. The highest BCUT2D eigenvalue weighted by molar-refractivity contribution is 6.30. The van der Waals surface area contributed by atoms with E-state index in [1.807, 2.05) is 24.3 Å². The predicted molar refractivity (Wildman–Crippen MR) is 67.6 cm³/mol. The molecule has 1 aromatic heterocycles. The summed E-state index contributed by atoms with van der Waals surface area (Å²) in [5.74, 6) is 0.507. The minimum atomic E-state index is -0.746. The number of hydrogen-bond acceptors (Lipinski definition) is 2. The maximum atomic E-state index is 10.8. The van der Waals surface area contributed by atoms with Crippen LogP contribution in [0.4, 0.5) is 0 Å². The third kappa shape index (κ3) is 2.02. The van der Waals surface area contributed by atoms with Gasteiger partial charge in [-0.2, -0.15) is 0 Å². The lowest BCUT2D eigenvalue weighted by Crippen LogP contribution is -1.98. The van der Waals surface area contributed by atoms with E-state index in [9.17, 15) is 4.79 Å². The predicted octanol–water partition coefficient (Wildman–Crippen LogP) is 3.79. The van der Waals surface area contributed by atoms with Crippen molar-refractivity contribution in [2.75, 3.05) is 0 Å². The van der Waals surface area contributed by atoms with Gasteiger partial charge in [0.05, 0.1) is 5.92 Å². The largest absolute Gasteiger partial charge is 0.481 e. The molecule has 1 aliphatic rings. The maximum absolute atomic E-state index is 10.8. The van der Waals surface area contributed by atoms with E-state index in [-0.39, 0.29) is 11.8 Å². The molecule has 0 bridgehead atoms. The molecule has 1 saturated carbocycles. The molecule has 1 heterocycles. The number of carboxylic acid groups (broad SMARTS) is 1. The first-order valence-electron chi connectivity index (χ1n) is 5.73. The van der Waals surface area contributed by atoms with Crippen LogP contribution in [0.15, 0.2) is 40.8 Å². The molecule has 0 unspecified atom stereocenters. The van der Waals surface area contributed by atoms with Gasteiger partial charge < -0.3 is 9.52 Å². The second-order valence-corrected chi connectivity index (χ2v) is 4.93. The number of rotatable bonds is 3. The van der Waals surface area contributed by atoms with Crippen LogP contribution in [0.5, 0.6) is 0 Å². The topological polar surface area (TPSA) is 50.4 Å². The number of furan rings is 1. The monoisotopic (exact) mass is 262 g/mol. The van der Waals surface area contributed by atoms with Crippen LogP contribution in [0, 0.1) is 5.92 Å². The average Bonchev–Trinajstić information content (AvgIpc) is 3.02. The smallest absolute Gasteiger partial charge is 0.307 e. The Labute approximate surface area is 109 Å². The van der Waals surface area contributed by atoms with Gasteiger partial charge in [0.1, 0.15) is 11.5 Å². The molecule has 3 nitrogen and oxygen atoms in total. The van der Waals surface area contributed by atoms with Gasteiger partial charge in [-0.25, -0.2) is 0 Å². The van der Waals surface area contributed by atoms with Crippen molar-refractivity contribution in [3.8, 4) is 11.3 Å². The van der Waals surface area contributed by atoms with Gasteiger partial charge in [-0.3, -0.25) is 4.79 Å². The molecule has 0 radical (unpaired) electrons. The molecule has 0 spiro atoms. The Kier molecular flexibility index (Phi) is 2.63. The standard InChI is InChI=1S/C14H11ClO3/c15-9-3-1-8(2-4-9)12-5-6-13(18-12)10-7-11(10)14(16)17/h1-6,10-11H,7H2,(H,16,17)/t10-,11+/m0/s1. The highest BCUT2D eigenvalue weighted by Gasteiger charge is 2.46. The molecule has 2 atom stereocenters. The summed E-state index contributed by atoms with van der Waals surface area (Å²) < 4.78 is 5.71. The normalized spacial score (nSPS) is 21.8. The number of carbonyl (C=O) groups is 1. The summed E-state index contributed by atoms with van der Waals surface area (Å²) in [6, 6.07) is 11.1. The van der Waals surface area contributed by atoms with Crippen LogP contribution in [0.3, 0.4) is 0 Å². The van der Waals surface area contributed by atoms with Crippen molar-refractivity contribution in [1.29, 1.82) is 0 Å². The van der Waals surface area contributed by atoms with E-state index in [2.05, 4.69) is 0 Å². The van der Waals surface area contributed by atoms with Crippen molar-refractivity contribution in [3.63, 3.8) is 0 Å². The fraction of sp³-hybridized carbons (Fsp3) is 0.214. The summed E-state index contributed by atoms with van der Waals surface area (Å²) in [4.78, 5) is 10.8. The molecule has 18 heavy (non-hydrogen) atoms. The number of hydrogen-bond donors (Lipinski definition) is 1. The fourth-order valence-corrected chi connectivity index (χ4v) is 2.23. The Bertz CT molecular complexity index is 585. The van der Waals surface area contributed by atoms with Gasteiger partial charge in [-0.15, -0.1) is 0 Å². The van der Waals surface area contributed by atoms with E-state index < -0.39 is 5.97 Å². The number of halogens is 1. The number of carboxylic acids is 1. The first-order chi connectivity index (χ1) is 8.65. The summed E-state index contributed by atoms with van der Waals surface area (Å²) in [6.07, 6.45) is 0.670. The molecule has 1 aromatic carbocycles. The van der Waals surface area contributed by atoms with E-state index in [0.29, 0.717) is 11.4 Å². The van der Waals surface area contributed by atoms with Crippen LogP contribution in [0.25, 0.3) is 11.3 Å². The van der Waals surface area contributed by atoms with Gasteiger partial charge in [0.25, 0.3) is 0 Å². The molecule has 1 N–H and O–H groups in total. The van der Waals surface area contributed by atoms with Gasteiger partial charge in [-0.1, -0.05) is 11.6 Å². The quantitative estimate of drug-likeness (QED) is 0.916. The Morgan fingerprint density at radius 3 is 2.56 bits per heavy atom. The minimum absolute atomic E-state index is 0.0311. The van der Waals surface area contributed by atoms with Crippen molar-refractivity contribution in [2.24, 2.45) is 5.92 Å². The second-order valence-electron chi connectivity index (χ2n) is 4.50. The average molecular weight is 263 g/mol. The molecule has 0 aliphatic heterocycles. The van der Waals surface area contributed by atoms with Crippen molar-refractivity contribution < 1.29 is 14.3 Å². The second kappa shape index (κ2) is 4.18. The molecular formula is C14H11ClO3. The Balaban J connectivity index is 1.82. The Morgan fingerprint density at radius 2 is 1.94 bits per heavy atom. The van der Waals surface area contributed by atoms with Crippen LogP contribution in [0.2, 0.25) is 5.02 Å². The van der Waals surface area contributed by atoms with Crippen LogP contribution in [-0.4, -0.2) is 11.1 Å². The minimum Gasteiger partial charge on any atom is -0.481 e. The summed E-state index contributed by atoms with van der Waals surface area (Å²) in [5.41, 5.74) is 0.943. The van der Waals surface area contributed by atoms with Crippen molar-refractivity contribution >= 4 is 17.6 Å². The van der Waals surface area contributed by atoms with Gasteiger partial charge in [0.15, 0.2) is 0 Å². The number of aliphatic carboxylic acids is 1. The van der Waals surface area contributed by atoms with Crippen LogP contribution in [0.1, 0.15) is 18.1 Å². The zero-order chi connectivity index (χ0) is 12.7. The van der Waals surface area contributed by atoms with Gasteiger partial charge in [0, 0.05) is 16.5 Å². The molecule has 92 valence electrons. The van der Waals surface area contributed by atoms with Crippen molar-refractivity contribution in [2.45, 2.75) is 12.3 Å². The van der Waals surface area contributed by atoms with Gasteiger partial charge in [-0.05, 0) is 42.8 Å². The van der Waals surface area contributed by atoms with E-state index >= 15 is 0 Å². The van der Waals surface area contributed by atoms with Gasteiger partial charge >= 0.3 is 5.97 Å². The molecule has 1 aliphatic carbocycles. The summed E-state index contributed by atoms with van der Waals surface area (Å²) in [5, 5.41) is 9.56. The highest BCUT2D eigenvalue weighted by Crippen LogP contribution is 2.48. The van der Waals surface area contributed by atoms with Crippen LogP contribution < -0.4 is 0 Å². The zero-order valence-electron chi connectivity index (χ0n) is 9.47. The maximum Gasteiger partial charge on any atom is 0.307 e. The molecule has 2 aromatic rings. The molecule has 3 rings (SSSR count). The van der Waals surface area contributed by atoms with E-state index in [0.717, 1.165) is 17.1 Å². The molecular weight excluding hydrogens is 252 g/mol. The lowest BCUT2D eigenvalue weighted by atomic mass is 10.2. The highest BCUT2D eigenvalue weighted by atomic mass is 35.5. The van der Waals surface area contributed by atoms with Crippen LogP contribution >= 0.6 is 11.6 Å². The number of benzene rings is 1. The molecule has 4 heteroatoms. The lowest BCUT2D eigenvalue weighted by molar-refractivity contribution is -0.138. The molecule has 1 fully saturated rings. The van der Waals surface area contributed by atoms with Crippen LogP contribution in [-0.2, 0) is 4.79 Å². The van der Waals surface area contributed by atoms with Crippen molar-refractivity contribution in [1.82, 2.24) is 0 Å². The van der Waals surface area contributed by atoms with E-state index in [4.69, 9.17) is 21.1 Å².